The first-order valence-electron chi connectivity index (χ1n) is 8.08. The van der Waals surface area contributed by atoms with Crippen LogP contribution in [0, 0.1) is 0 Å². The van der Waals surface area contributed by atoms with Crippen LogP contribution in [0.4, 0.5) is 0 Å². The summed E-state index contributed by atoms with van der Waals surface area (Å²) in [4.78, 5) is 33.8. The molecule has 0 unspecified atom stereocenters. The van der Waals surface area contributed by atoms with E-state index < -0.39 is 12.0 Å². The Kier molecular flexibility index (Phi) is 5.01. The number of hydrogen-bond acceptors (Lipinski definition) is 6. The number of carboxylic acid groups (broad SMARTS) is 1. The number of carbonyl (C=O) groups is 2. The Hall–Kier alpha value is -3.16. The minimum atomic E-state index is -0.991. The van der Waals surface area contributed by atoms with Crippen molar-refractivity contribution in [2.24, 2.45) is 0 Å². The van der Waals surface area contributed by atoms with E-state index >= 15 is 0 Å². The Morgan fingerprint density at radius 3 is 2.58 bits per heavy atom. The molecule has 1 aliphatic heterocycles. The third-order valence-corrected chi connectivity index (χ3v) is 4.41. The van der Waals surface area contributed by atoms with E-state index in [1.165, 1.54) is 30.6 Å². The van der Waals surface area contributed by atoms with Crippen LogP contribution >= 0.6 is 0 Å². The summed E-state index contributed by atoms with van der Waals surface area (Å²) in [6.45, 7) is 0.385. The van der Waals surface area contributed by atoms with Crippen LogP contribution in [0.3, 0.4) is 0 Å². The van der Waals surface area contributed by atoms with Crippen molar-refractivity contribution < 1.29 is 24.2 Å². The van der Waals surface area contributed by atoms with Crippen LogP contribution in [0.2, 0.25) is 0 Å². The van der Waals surface area contributed by atoms with Crippen molar-refractivity contribution in [2.75, 3.05) is 20.8 Å². The van der Waals surface area contributed by atoms with Gasteiger partial charge in [-0.05, 0) is 29.7 Å². The quantitative estimate of drug-likeness (QED) is 0.869. The fourth-order valence-corrected chi connectivity index (χ4v) is 3.21. The second-order valence-corrected chi connectivity index (χ2v) is 5.86. The van der Waals surface area contributed by atoms with Crippen molar-refractivity contribution in [3.63, 3.8) is 0 Å². The highest BCUT2D eigenvalue weighted by Crippen LogP contribution is 2.39. The number of amides is 1. The highest BCUT2D eigenvalue weighted by atomic mass is 16.5. The molecule has 1 aromatic heterocycles. The summed E-state index contributed by atoms with van der Waals surface area (Å²) < 4.78 is 10.7. The highest BCUT2D eigenvalue weighted by Gasteiger charge is 2.34. The van der Waals surface area contributed by atoms with Crippen molar-refractivity contribution >= 4 is 11.9 Å². The van der Waals surface area contributed by atoms with Gasteiger partial charge in [0.25, 0.3) is 5.91 Å². The Bertz CT molecular complexity index is 825. The summed E-state index contributed by atoms with van der Waals surface area (Å²) in [5, 5.41) is 9.37. The SMILES string of the molecule is COc1cc2c(cc1OC)[C@H](CC(=O)O)N(C(=O)c1cnccn1)CC2. The van der Waals surface area contributed by atoms with Gasteiger partial charge in [0.05, 0.1) is 32.9 Å². The van der Waals surface area contributed by atoms with Crippen LogP contribution in [0.25, 0.3) is 0 Å². The number of hydrogen-bond donors (Lipinski definition) is 1. The zero-order chi connectivity index (χ0) is 18.7. The van der Waals surface area contributed by atoms with Gasteiger partial charge in [-0.1, -0.05) is 0 Å². The minimum Gasteiger partial charge on any atom is -0.493 e. The molecule has 1 N–H and O–H groups in total. The fourth-order valence-electron chi connectivity index (χ4n) is 3.21. The maximum Gasteiger partial charge on any atom is 0.305 e. The standard InChI is InChI=1S/C18H19N3O5/c1-25-15-7-11-3-6-21(18(24)13-10-19-4-5-20-13)14(9-17(22)23)12(11)8-16(15)26-2/h4-5,7-8,10,14H,3,6,9H2,1-2H3,(H,22,23)/t14-/m0/s1. The number of methoxy groups -OCH3 is 2. The number of fused-ring (bicyclic) bond motifs is 1. The van der Waals surface area contributed by atoms with Crippen molar-refractivity contribution in [2.45, 2.75) is 18.9 Å². The van der Waals surface area contributed by atoms with E-state index in [9.17, 15) is 14.7 Å². The minimum absolute atomic E-state index is 0.187. The average molecular weight is 357 g/mol. The van der Waals surface area contributed by atoms with Crippen molar-refractivity contribution in [3.8, 4) is 11.5 Å². The van der Waals surface area contributed by atoms with Gasteiger partial charge in [0.15, 0.2) is 11.5 Å². The molecule has 1 aliphatic rings. The highest BCUT2D eigenvalue weighted by molar-refractivity contribution is 5.92. The van der Waals surface area contributed by atoms with Gasteiger partial charge in [-0.2, -0.15) is 0 Å². The molecule has 0 bridgehead atoms. The molecule has 0 fully saturated rings. The lowest BCUT2D eigenvalue weighted by Crippen LogP contribution is -2.41. The van der Waals surface area contributed by atoms with Gasteiger partial charge in [0, 0.05) is 18.9 Å². The largest absolute Gasteiger partial charge is 0.493 e. The molecule has 136 valence electrons. The maximum absolute atomic E-state index is 12.9. The summed E-state index contributed by atoms with van der Waals surface area (Å²) in [5.41, 5.74) is 1.87. The first-order chi connectivity index (χ1) is 12.5. The molecule has 26 heavy (non-hydrogen) atoms. The van der Waals surface area contributed by atoms with Crippen molar-refractivity contribution in [3.05, 3.63) is 47.5 Å². The lowest BCUT2D eigenvalue weighted by atomic mass is 9.89. The predicted octanol–water partition coefficient (Wildman–Crippen LogP) is 1.71. The molecule has 0 aliphatic carbocycles. The van der Waals surface area contributed by atoms with E-state index in [0.29, 0.717) is 24.5 Å². The fraction of sp³-hybridized carbons (Fsp3) is 0.333. The molecule has 0 saturated heterocycles. The van der Waals surface area contributed by atoms with Crippen molar-refractivity contribution in [1.29, 1.82) is 0 Å². The third kappa shape index (κ3) is 3.30. The van der Waals surface area contributed by atoms with Crippen molar-refractivity contribution in [1.82, 2.24) is 14.9 Å². The van der Waals surface area contributed by atoms with Gasteiger partial charge in [-0.15, -0.1) is 0 Å². The smallest absolute Gasteiger partial charge is 0.305 e. The van der Waals surface area contributed by atoms with Crippen LogP contribution in [0.1, 0.15) is 34.1 Å². The Balaban J connectivity index is 2.04. The predicted molar refractivity (Wildman–Crippen MR) is 91.3 cm³/mol. The van der Waals surface area contributed by atoms with Gasteiger partial charge < -0.3 is 19.5 Å². The first-order valence-corrected chi connectivity index (χ1v) is 8.08. The number of ether oxygens (including phenoxy) is 2. The third-order valence-electron chi connectivity index (χ3n) is 4.41. The van der Waals surface area contributed by atoms with Gasteiger partial charge in [-0.25, -0.2) is 4.98 Å². The van der Waals surface area contributed by atoms with Crippen LogP contribution < -0.4 is 9.47 Å². The number of aromatic nitrogens is 2. The summed E-state index contributed by atoms with van der Waals surface area (Å²) >= 11 is 0. The molecule has 1 amide bonds. The summed E-state index contributed by atoms with van der Waals surface area (Å²) in [6.07, 6.45) is 4.66. The zero-order valence-electron chi connectivity index (χ0n) is 14.5. The molecule has 3 rings (SSSR count). The van der Waals surface area contributed by atoms with Gasteiger partial charge >= 0.3 is 5.97 Å². The number of carboxylic acids is 1. The second kappa shape index (κ2) is 7.38. The number of rotatable bonds is 5. The molecule has 8 nitrogen and oxygen atoms in total. The van der Waals surface area contributed by atoms with E-state index in [1.54, 1.807) is 13.2 Å². The van der Waals surface area contributed by atoms with Crippen LogP contribution in [-0.4, -0.2) is 52.6 Å². The molecule has 2 heterocycles. The van der Waals surface area contributed by atoms with E-state index in [2.05, 4.69) is 9.97 Å². The molecule has 0 saturated carbocycles. The molecule has 0 spiro atoms. The van der Waals surface area contributed by atoms with Crippen LogP contribution in [0.5, 0.6) is 11.5 Å². The maximum atomic E-state index is 12.9. The summed E-state index contributed by atoms with van der Waals surface area (Å²) in [7, 11) is 3.06. The van der Waals surface area contributed by atoms with Gasteiger partial charge in [-0.3, -0.25) is 14.6 Å². The lowest BCUT2D eigenvalue weighted by molar-refractivity contribution is -0.138. The molecular formula is C18H19N3O5. The number of aliphatic carboxylic acids is 1. The van der Waals surface area contributed by atoms with E-state index in [-0.39, 0.29) is 18.0 Å². The number of benzene rings is 1. The van der Waals surface area contributed by atoms with Crippen LogP contribution in [0.15, 0.2) is 30.7 Å². The Morgan fingerprint density at radius 2 is 1.96 bits per heavy atom. The average Bonchev–Trinajstić information content (AvgIpc) is 2.67. The Morgan fingerprint density at radius 1 is 1.23 bits per heavy atom. The Labute approximate surface area is 150 Å². The summed E-state index contributed by atoms with van der Waals surface area (Å²) in [5.74, 6) is -0.260. The molecule has 2 aromatic rings. The normalized spacial score (nSPS) is 15.9. The topological polar surface area (TPSA) is 102 Å². The van der Waals surface area contributed by atoms with Gasteiger partial charge in [0.1, 0.15) is 5.69 Å². The van der Waals surface area contributed by atoms with E-state index in [0.717, 1.165) is 11.1 Å². The zero-order valence-corrected chi connectivity index (χ0v) is 14.5. The second-order valence-electron chi connectivity index (χ2n) is 5.86. The number of nitrogens with zero attached hydrogens (tertiary/aromatic N) is 3. The lowest BCUT2D eigenvalue weighted by Gasteiger charge is -2.37. The molecule has 1 atom stereocenters. The van der Waals surface area contributed by atoms with Gasteiger partial charge in [0.2, 0.25) is 0 Å². The molecular weight excluding hydrogens is 338 g/mol. The van der Waals surface area contributed by atoms with E-state index in [4.69, 9.17) is 9.47 Å². The molecule has 8 heteroatoms. The first kappa shape index (κ1) is 17.7. The number of carbonyl (C=O) groups excluding carboxylic acids is 1. The monoisotopic (exact) mass is 357 g/mol. The molecule has 1 aromatic carbocycles. The van der Waals surface area contributed by atoms with E-state index in [1.807, 2.05) is 6.07 Å². The molecule has 0 radical (unpaired) electrons. The van der Waals surface area contributed by atoms with Crippen LogP contribution in [-0.2, 0) is 11.2 Å². The summed E-state index contributed by atoms with van der Waals surface area (Å²) in [6, 6.07) is 2.97.